The van der Waals surface area contributed by atoms with E-state index in [1.54, 1.807) is 0 Å². The molecule has 1 aliphatic rings. The van der Waals surface area contributed by atoms with Crippen molar-refractivity contribution in [3.8, 4) is 0 Å². The fourth-order valence-electron chi connectivity index (χ4n) is 2.28. The third-order valence-corrected chi connectivity index (χ3v) is 2.97. The Labute approximate surface area is 80.9 Å². The number of piperidine rings is 1. The number of hydrogen-bond donors (Lipinski definition) is 2. The van der Waals surface area contributed by atoms with E-state index in [2.05, 4.69) is 11.8 Å². The lowest BCUT2D eigenvalue weighted by Crippen LogP contribution is -2.50. The third kappa shape index (κ3) is 2.93. The SMILES string of the molecule is CC1CCCN(C[C@@H](C)O)C1CN. The predicted molar refractivity (Wildman–Crippen MR) is 54.5 cm³/mol. The smallest absolute Gasteiger partial charge is 0.0639 e. The number of nitrogens with two attached hydrogens (primary N) is 1. The summed E-state index contributed by atoms with van der Waals surface area (Å²) in [5, 5.41) is 9.32. The molecule has 1 fully saturated rings. The van der Waals surface area contributed by atoms with Crippen LogP contribution in [0.3, 0.4) is 0 Å². The van der Waals surface area contributed by atoms with E-state index in [9.17, 15) is 5.11 Å². The van der Waals surface area contributed by atoms with E-state index in [0.717, 1.165) is 13.1 Å². The Morgan fingerprint density at radius 1 is 1.62 bits per heavy atom. The molecule has 1 heterocycles. The second-order valence-electron chi connectivity index (χ2n) is 4.27. The fraction of sp³-hybridized carbons (Fsp3) is 1.00. The molecular formula is C10H22N2O. The van der Waals surface area contributed by atoms with Crippen LogP contribution in [-0.2, 0) is 0 Å². The van der Waals surface area contributed by atoms with Gasteiger partial charge in [-0.05, 0) is 32.2 Å². The van der Waals surface area contributed by atoms with Gasteiger partial charge < -0.3 is 10.8 Å². The molecule has 0 amide bonds. The van der Waals surface area contributed by atoms with Gasteiger partial charge in [-0.25, -0.2) is 0 Å². The van der Waals surface area contributed by atoms with Crippen LogP contribution in [0.5, 0.6) is 0 Å². The average molecular weight is 186 g/mol. The molecule has 0 aromatic heterocycles. The van der Waals surface area contributed by atoms with Crippen molar-refractivity contribution >= 4 is 0 Å². The summed E-state index contributed by atoms with van der Waals surface area (Å²) in [6.45, 7) is 6.68. The van der Waals surface area contributed by atoms with Crippen molar-refractivity contribution in [3.05, 3.63) is 0 Å². The van der Waals surface area contributed by atoms with Gasteiger partial charge in [0.15, 0.2) is 0 Å². The van der Waals surface area contributed by atoms with E-state index >= 15 is 0 Å². The Hall–Kier alpha value is -0.120. The molecule has 78 valence electrons. The highest BCUT2D eigenvalue weighted by atomic mass is 16.3. The Balaban J connectivity index is 2.49. The first-order valence-corrected chi connectivity index (χ1v) is 5.27. The number of likely N-dealkylation sites (tertiary alicyclic amines) is 1. The molecule has 13 heavy (non-hydrogen) atoms. The third-order valence-electron chi connectivity index (χ3n) is 2.97. The van der Waals surface area contributed by atoms with Crippen LogP contribution >= 0.6 is 0 Å². The fourth-order valence-corrected chi connectivity index (χ4v) is 2.28. The average Bonchev–Trinajstić information content (AvgIpc) is 2.03. The van der Waals surface area contributed by atoms with Gasteiger partial charge >= 0.3 is 0 Å². The molecule has 3 N–H and O–H groups in total. The lowest BCUT2D eigenvalue weighted by molar-refractivity contribution is 0.0549. The van der Waals surface area contributed by atoms with Crippen molar-refractivity contribution in [1.82, 2.24) is 4.90 Å². The van der Waals surface area contributed by atoms with Crippen LogP contribution in [-0.4, -0.2) is 41.8 Å². The van der Waals surface area contributed by atoms with Gasteiger partial charge in [-0.1, -0.05) is 6.92 Å². The van der Waals surface area contributed by atoms with Gasteiger partial charge in [-0.15, -0.1) is 0 Å². The van der Waals surface area contributed by atoms with Crippen molar-refractivity contribution in [3.63, 3.8) is 0 Å². The summed E-state index contributed by atoms with van der Waals surface area (Å²) in [5.74, 6) is 0.678. The van der Waals surface area contributed by atoms with Crippen LogP contribution in [0.15, 0.2) is 0 Å². The maximum atomic E-state index is 9.32. The number of β-amino-alcohol motifs (C(OH)–C–C–N with tert-alkyl or cyclic N) is 1. The topological polar surface area (TPSA) is 49.5 Å². The monoisotopic (exact) mass is 186 g/mol. The van der Waals surface area contributed by atoms with Crippen molar-refractivity contribution in [2.75, 3.05) is 19.6 Å². The maximum Gasteiger partial charge on any atom is 0.0639 e. The van der Waals surface area contributed by atoms with E-state index in [0.29, 0.717) is 18.5 Å². The van der Waals surface area contributed by atoms with Gasteiger partial charge in [-0.2, -0.15) is 0 Å². The normalized spacial score (nSPS) is 33.2. The van der Waals surface area contributed by atoms with Gasteiger partial charge in [0.1, 0.15) is 0 Å². The summed E-state index contributed by atoms with van der Waals surface area (Å²) in [5.41, 5.74) is 5.74. The highest BCUT2D eigenvalue weighted by Gasteiger charge is 2.27. The number of hydrogen-bond acceptors (Lipinski definition) is 3. The lowest BCUT2D eigenvalue weighted by Gasteiger charge is -2.40. The van der Waals surface area contributed by atoms with Gasteiger partial charge in [0, 0.05) is 19.1 Å². The molecule has 0 radical (unpaired) electrons. The molecule has 3 nitrogen and oxygen atoms in total. The van der Waals surface area contributed by atoms with Gasteiger partial charge in [0.2, 0.25) is 0 Å². The molecule has 3 atom stereocenters. The van der Waals surface area contributed by atoms with Crippen LogP contribution in [0.2, 0.25) is 0 Å². The van der Waals surface area contributed by atoms with Crippen molar-refractivity contribution < 1.29 is 5.11 Å². The number of rotatable bonds is 3. The minimum absolute atomic E-state index is 0.237. The van der Waals surface area contributed by atoms with Crippen LogP contribution in [0.25, 0.3) is 0 Å². The first-order valence-electron chi connectivity index (χ1n) is 5.27. The molecule has 3 heteroatoms. The van der Waals surface area contributed by atoms with Crippen LogP contribution in [0.1, 0.15) is 26.7 Å². The number of aliphatic hydroxyl groups is 1. The summed E-state index contributed by atoms with van der Waals surface area (Å²) < 4.78 is 0. The van der Waals surface area contributed by atoms with Crippen LogP contribution < -0.4 is 5.73 Å². The molecule has 0 aliphatic carbocycles. The largest absolute Gasteiger partial charge is 0.392 e. The predicted octanol–water partition coefficient (Wildman–Crippen LogP) is 0.426. The highest BCUT2D eigenvalue weighted by Crippen LogP contribution is 2.22. The lowest BCUT2D eigenvalue weighted by atomic mass is 9.90. The molecule has 1 rings (SSSR count). The zero-order valence-electron chi connectivity index (χ0n) is 8.74. The number of nitrogens with zero attached hydrogens (tertiary/aromatic N) is 1. The Morgan fingerprint density at radius 3 is 2.85 bits per heavy atom. The van der Waals surface area contributed by atoms with Gasteiger partial charge in [-0.3, -0.25) is 4.90 Å². The van der Waals surface area contributed by atoms with Crippen LogP contribution in [0, 0.1) is 5.92 Å². The van der Waals surface area contributed by atoms with Crippen molar-refractivity contribution in [2.24, 2.45) is 11.7 Å². The van der Waals surface area contributed by atoms with Crippen molar-refractivity contribution in [1.29, 1.82) is 0 Å². The Kier molecular flexibility index (Phi) is 4.16. The van der Waals surface area contributed by atoms with E-state index < -0.39 is 0 Å². The second-order valence-corrected chi connectivity index (χ2v) is 4.27. The zero-order valence-corrected chi connectivity index (χ0v) is 8.74. The van der Waals surface area contributed by atoms with Crippen molar-refractivity contribution in [2.45, 2.75) is 38.8 Å². The first kappa shape index (κ1) is 11.0. The summed E-state index contributed by atoms with van der Waals surface area (Å²) in [4.78, 5) is 2.33. The quantitative estimate of drug-likeness (QED) is 0.672. The molecule has 0 spiro atoms. The van der Waals surface area contributed by atoms with E-state index in [1.807, 2.05) is 6.92 Å². The molecule has 0 bridgehead atoms. The summed E-state index contributed by atoms with van der Waals surface area (Å²) >= 11 is 0. The Morgan fingerprint density at radius 2 is 2.31 bits per heavy atom. The van der Waals surface area contributed by atoms with Gasteiger partial charge in [0.25, 0.3) is 0 Å². The molecule has 0 aromatic carbocycles. The standard InChI is InChI=1S/C10H22N2O/c1-8-4-3-5-12(7-9(2)13)10(8)6-11/h8-10,13H,3-7,11H2,1-2H3/t8?,9-,10?/m1/s1. The molecular weight excluding hydrogens is 164 g/mol. The molecule has 1 aliphatic heterocycles. The second kappa shape index (κ2) is 4.94. The van der Waals surface area contributed by atoms with E-state index in [-0.39, 0.29) is 6.10 Å². The van der Waals surface area contributed by atoms with E-state index in [1.165, 1.54) is 12.8 Å². The molecule has 0 saturated carbocycles. The summed E-state index contributed by atoms with van der Waals surface area (Å²) in [7, 11) is 0. The highest BCUT2D eigenvalue weighted by molar-refractivity contribution is 4.83. The summed E-state index contributed by atoms with van der Waals surface area (Å²) in [6, 6.07) is 0.475. The zero-order chi connectivity index (χ0) is 9.84. The maximum absolute atomic E-state index is 9.32. The molecule has 2 unspecified atom stereocenters. The molecule has 0 aromatic rings. The summed E-state index contributed by atoms with van der Waals surface area (Å²) in [6.07, 6.45) is 2.28. The van der Waals surface area contributed by atoms with Crippen LogP contribution in [0.4, 0.5) is 0 Å². The minimum Gasteiger partial charge on any atom is -0.392 e. The minimum atomic E-state index is -0.237. The van der Waals surface area contributed by atoms with Gasteiger partial charge in [0.05, 0.1) is 6.10 Å². The first-order chi connectivity index (χ1) is 6.15. The van der Waals surface area contributed by atoms with E-state index in [4.69, 9.17) is 5.73 Å². The Bertz CT molecular complexity index is 150. The molecule has 1 saturated heterocycles. The number of aliphatic hydroxyl groups excluding tert-OH is 1.